The monoisotopic (exact) mass is 474 g/mol. The molecule has 0 saturated carbocycles. The predicted octanol–water partition coefficient (Wildman–Crippen LogP) is 4.42. The molecule has 0 aliphatic rings. The van der Waals surface area contributed by atoms with Gasteiger partial charge in [-0.25, -0.2) is 0 Å². The van der Waals surface area contributed by atoms with Crippen molar-refractivity contribution in [3.63, 3.8) is 0 Å². The maximum atomic E-state index is 13.6. The molecule has 0 bridgehead atoms. The number of nitro benzene ring substituents is 1. The van der Waals surface area contributed by atoms with Crippen LogP contribution in [0.3, 0.4) is 0 Å². The lowest BCUT2D eigenvalue weighted by atomic mass is 10.1. The van der Waals surface area contributed by atoms with E-state index in [1.54, 1.807) is 41.0 Å². The van der Waals surface area contributed by atoms with E-state index in [9.17, 15) is 14.9 Å². The smallest absolute Gasteiger partial charge is 0.284 e. The fraction of sp³-hybridized carbons (Fsp3) is 0.167. The highest BCUT2D eigenvalue weighted by molar-refractivity contribution is 7.99. The summed E-state index contributed by atoms with van der Waals surface area (Å²) in [5.41, 5.74) is 3.02. The minimum absolute atomic E-state index is 0.156. The Morgan fingerprint density at radius 2 is 1.97 bits per heavy atom. The fourth-order valence-electron chi connectivity index (χ4n) is 3.43. The van der Waals surface area contributed by atoms with Crippen molar-refractivity contribution in [3.05, 3.63) is 106 Å². The van der Waals surface area contributed by atoms with Crippen LogP contribution in [0.15, 0.2) is 83.4 Å². The van der Waals surface area contributed by atoms with E-state index in [-0.39, 0.29) is 17.2 Å². The second-order valence-electron chi connectivity index (χ2n) is 7.72. The van der Waals surface area contributed by atoms with Gasteiger partial charge in [0.25, 0.3) is 11.6 Å². The van der Waals surface area contributed by atoms with Gasteiger partial charge in [0.2, 0.25) is 0 Å². The molecule has 0 aliphatic carbocycles. The summed E-state index contributed by atoms with van der Waals surface area (Å²) in [6.45, 7) is 2.68. The Kier molecular flexibility index (Phi) is 6.98. The molecule has 4 rings (SSSR count). The summed E-state index contributed by atoms with van der Waals surface area (Å²) in [5, 5.41) is 20.1. The van der Waals surface area contributed by atoms with Gasteiger partial charge in [-0.15, -0.1) is 10.2 Å². The molecule has 0 aliphatic heterocycles. The second-order valence-corrected chi connectivity index (χ2v) is 8.72. The van der Waals surface area contributed by atoms with Crippen LogP contribution in [0, 0.1) is 17.0 Å². The number of benzene rings is 2. The number of aryl methyl sites for hydroxylation is 2. The van der Waals surface area contributed by atoms with Crippen molar-refractivity contribution in [2.24, 2.45) is 7.05 Å². The zero-order chi connectivity index (χ0) is 24.1. The molecule has 0 saturated heterocycles. The van der Waals surface area contributed by atoms with E-state index in [0.717, 1.165) is 28.5 Å². The van der Waals surface area contributed by atoms with Crippen molar-refractivity contribution < 1.29 is 9.72 Å². The van der Waals surface area contributed by atoms with Crippen LogP contribution in [0.5, 0.6) is 0 Å². The van der Waals surface area contributed by atoms with Gasteiger partial charge in [0, 0.05) is 44.2 Å². The van der Waals surface area contributed by atoms with E-state index in [1.807, 2.05) is 43.3 Å². The average molecular weight is 475 g/mol. The summed E-state index contributed by atoms with van der Waals surface area (Å²) in [6.07, 6.45) is 4.91. The number of nitrogens with zero attached hydrogens (tertiary/aromatic N) is 6. The van der Waals surface area contributed by atoms with Crippen LogP contribution in [0.2, 0.25) is 0 Å². The molecule has 0 atom stereocenters. The first-order chi connectivity index (χ1) is 16.4. The maximum Gasteiger partial charge on any atom is 0.284 e. The SMILES string of the molecule is Cc1ccccc1CN(Cc1cccnc1)C(=O)c1ccc(Sc2nncn2C)c([N+](=O)[O-])c1. The minimum atomic E-state index is -0.484. The fourth-order valence-corrected chi connectivity index (χ4v) is 4.28. The molecule has 0 fully saturated rings. The van der Waals surface area contributed by atoms with Gasteiger partial charge in [0.1, 0.15) is 6.33 Å². The number of hydrogen-bond acceptors (Lipinski definition) is 7. The third kappa shape index (κ3) is 5.29. The number of rotatable bonds is 8. The molecule has 4 aromatic rings. The van der Waals surface area contributed by atoms with Crippen LogP contribution in [0.1, 0.15) is 27.0 Å². The lowest BCUT2D eigenvalue weighted by Crippen LogP contribution is -2.30. The van der Waals surface area contributed by atoms with E-state index in [4.69, 9.17) is 0 Å². The van der Waals surface area contributed by atoms with Crippen LogP contribution in [-0.4, -0.2) is 35.5 Å². The summed E-state index contributed by atoms with van der Waals surface area (Å²) >= 11 is 1.13. The van der Waals surface area contributed by atoms with Crippen molar-refractivity contribution in [2.75, 3.05) is 0 Å². The first kappa shape index (κ1) is 23.1. The van der Waals surface area contributed by atoms with Gasteiger partial charge in [-0.3, -0.25) is 19.9 Å². The summed E-state index contributed by atoms with van der Waals surface area (Å²) in [6, 6.07) is 16.1. The molecule has 10 heteroatoms. The Balaban J connectivity index is 1.67. The number of pyridine rings is 1. The number of aromatic nitrogens is 4. The highest BCUT2D eigenvalue weighted by atomic mass is 32.2. The molecule has 34 heavy (non-hydrogen) atoms. The van der Waals surface area contributed by atoms with Gasteiger partial charge in [-0.2, -0.15) is 0 Å². The number of amides is 1. The molecule has 172 valence electrons. The van der Waals surface area contributed by atoms with Crippen molar-refractivity contribution in [3.8, 4) is 0 Å². The van der Waals surface area contributed by atoms with Crippen molar-refractivity contribution in [1.29, 1.82) is 0 Å². The van der Waals surface area contributed by atoms with Crippen LogP contribution in [0.25, 0.3) is 0 Å². The maximum absolute atomic E-state index is 13.6. The third-order valence-corrected chi connectivity index (χ3v) is 6.40. The molecule has 2 aromatic heterocycles. The topological polar surface area (TPSA) is 107 Å². The Morgan fingerprint density at radius 1 is 1.15 bits per heavy atom. The quantitative estimate of drug-likeness (QED) is 0.275. The van der Waals surface area contributed by atoms with Gasteiger partial charge in [0.15, 0.2) is 5.16 Å². The van der Waals surface area contributed by atoms with Crippen LogP contribution < -0.4 is 0 Å². The third-order valence-electron chi connectivity index (χ3n) is 5.28. The highest BCUT2D eigenvalue weighted by Gasteiger charge is 2.23. The van der Waals surface area contributed by atoms with Crippen LogP contribution in [-0.2, 0) is 20.1 Å². The normalized spacial score (nSPS) is 10.8. The van der Waals surface area contributed by atoms with Gasteiger partial charge in [-0.1, -0.05) is 30.3 Å². The van der Waals surface area contributed by atoms with Gasteiger partial charge in [0.05, 0.1) is 9.82 Å². The van der Waals surface area contributed by atoms with Gasteiger partial charge in [-0.05, 0) is 53.6 Å². The van der Waals surface area contributed by atoms with Crippen LogP contribution in [0.4, 0.5) is 5.69 Å². The molecule has 0 spiro atoms. The largest absolute Gasteiger partial charge is 0.330 e. The zero-order valence-electron chi connectivity index (χ0n) is 18.7. The molecule has 1 amide bonds. The zero-order valence-corrected chi connectivity index (χ0v) is 19.5. The van der Waals surface area contributed by atoms with Crippen molar-refractivity contribution in [1.82, 2.24) is 24.6 Å². The van der Waals surface area contributed by atoms with Crippen LogP contribution >= 0.6 is 11.8 Å². The molecule has 0 radical (unpaired) electrons. The first-order valence-corrected chi connectivity index (χ1v) is 11.3. The Labute approximate surface area is 200 Å². The van der Waals surface area contributed by atoms with Crippen molar-refractivity contribution in [2.45, 2.75) is 30.1 Å². The summed E-state index contributed by atoms with van der Waals surface area (Å²) in [5.74, 6) is -0.301. The lowest BCUT2D eigenvalue weighted by molar-refractivity contribution is -0.387. The number of hydrogen-bond donors (Lipinski definition) is 0. The van der Waals surface area contributed by atoms with E-state index in [0.29, 0.717) is 23.1 Å². The number of carbonyl (C=O) groups excluding carboxylic acids is 1. The highest BCUT2D eigenvalue weighted by Crippen LogP contribution is 2.34. The number of nitro groups is 1. The molecule has 0 unspecified atom stereocenters. The van der Waals surface area contributed by atoms with E-state index in [2.05, 4.69) is 15.2 Å². The van der Waals surface area contributed by atoms with E-state index in [1.165, 1.54) is 12.4 Å². The second kappa shape index (κ2) is 10.3. The average Bonchev–Trinajstić information content (AvgIpc) is 3.24. The van der Waals surface area contributed by atoms with E-state index >= 15 is 0 Å². The summed E-state index contributed by atoms with van der Waals surface area (Å²) < 4.78 is 1.67. The van der Waals surface area contributed by atoms with Gasteiger partial charge < -0.3 is 9.47 Å². The molecule has 0 N–H and O–H groups in total. The van der Waals surface area contributed by atoms with Crippen molar-refractivity contribution >= 4 is 23.4 Å². The number of carbonyl (C=O) groups is 1. The molecule has 9 nitrogen and oxygen atoms in total. The predicted molar refractivity (Wildman–Crippen MR) is 127 cm³/mol. The Morgan fingerprint density at radius 3 is 2.65 bits per heavy atom. The van der Waals surface area contributed by atoms with E-state index < -0.39 is 4.92 Å². The first-order valence-electron chi connectivity index (χ1n) is 10.5. The molecule has 2 aromatic carbocycles. The lowest BCUT2D eigenvalue weighted by Gasteiger charge is -2.24. The summed E-state index contributed by atoms with van der Waals surface area (Å²) in [7, 11) is 1.76. The Hall–Kier alpha value is -4.05. The molecular formula is C24H22N6O3S. The standard InChI is InChI=1S/C24H22N6O3S/c1-17-6-3-4-8-20(17)15-29(14-18-7-5-11-25-13-18)23(31)19-9-10-22(21(12-19)30(32)33)34-24-27-26-16-28(24)2/h3-13,16H,14-15H2,1-2H3. The van der Waals surface area contributed by atoms with Gasteiger partial charge >= 0.3 is 0 Å². The summed E-state index contributed by atoms with van der Waals surface area (Å²) in [4.78, 5) is 31.1. The minimum Gasteiger partial charge on any atom is -0.330 e. The Bertz CT molecular complexity index is 1330. The molecule has 2 heterocycles. The molecular weight excluding hydrogens is 452 g/mol.